The van der Waals surface area contributed by atoms with Gasteiger partial charge in [0.2, 0.25) is 5.95 Å². The molecule has 178 valence electrons. The fraction of sp³-hybridized carbons (Fsp3) is 0.560. The molecular weight excluding hydrogens is 432 g/mol. The topological polar surface area (TPSA) is 65.6 Å². The molecule has 0 aliphatic carbocycles. The third-order valence-electron chi connectivity index (χ3n) is 6.41. The quantitative estimate of drug-likeness (QED) is 0.603. The molecule has 8 heteroatoms. The van der Waals surface area contributed by atoms with E-state index in [1.165, 1.54) is 25.7 Å². The minimum absolute atomic E-state index is 0.521. The average molecular weight is 469 g/mol. The van der Waals surface area contributed by atoms with Crippen molar-refractivity contribution in [2.75, 3.05) is 48.4 Å². The molecule has 0 bridgehead atoms. The highest BCUT2D eigenvalue weighted by Gasteiger charge is 2.25. The van der Waals surface area contributed by atoms with E-state index in [-0.39, 0.29) is 0 Å². The van der Waals surface area contributed by atoms with Gasteiger partial charge >= 0.3 is 0 Å². The highest BCUT2D eigenvalue weighted by atomic mass is 32.1. The molecule has 2 N–H and O–H groups in total. The van der Waals surface area contributed by atoms with Crippen molar-refractivity contribution in [3.63, 3.8) is 0 Å². The van der Waals surface area contributed by atoms with Crippen LogP contribution < -0.4 is 25.2 Å². The number of hydrogen-bond donors (Lipinski definition) is 2. The molecule has 4 rings (SSSR count). The number of nitrogens with zero attached hydrogens (tertiary/aromatic N) is 4. The van der Waals surface area contributed by atoms with Gasteiger partial charge in [-0.1, -0.05) is 26.0 Å². The highest BCUT2D eigenvalue weighted by Crippen LogP contribution is 2.29. The zero-order chi connectivity index (χ0) is 23.2. The Kier molecular flexibility index (Phi) is 7.85. The summed E-state index contributed by atoms with van der Waals surface area (Å²) < 4.78 is 5.23. The van der Waals surface area contributed by atoms with Crippen LogP contribution in [-0.2, 0) is 6.54 Å². The smallest absolute Gasteiger partial charge is 0.232 e. The second kappa shape index (κ2) is 11.0. The summed E-state index contributed by atoms with van der Waals surface area (Å²) in [6.07, 6.45) is 4.98. The van der Waals surface area contributed by atoms with Gasteiger partial charge in [0, 0.05) is 38.8 Å². The lowest BCUT2D eigenvalue weighted by atomic mass is 9.92. The van der Waals surface area contributed by atoms with E-state index in [0.717, 1.165) is 49.1 Å². The van der Waals surface area contributed by atoms with E-state index in [4.69, 9.17) is 26.9 Å². The zero-order valence-corrected chi connectivity index (χ0v) is 20.8. The molecule has 33 heavy (non-hydrogen) atoms. The van der Waals surface area contributed by atoms with Crippen LogP contribution in [-0.4, -0.2) is 48.4 Å². The highest BCUT2D eigenvalue weighted by molar-refractivity contribution is 7.80. The van der Waals surface area contributed by atoms with Crippen LogP contribution in [0.3, 0.4) is 0 Å². The molecule has 1 aromatic carbocycles. The maximum absolute atomic E-state index is 5.57. The number of nitrogens with one attached hydrogen (secondary N) is 2. The second-order valence-corrected chi connectivity index (χ2v) is 9.87. The van der Waals surface area contributed by atoms with Gasteiger partial charge in [0.1, 0.15) is 17.4 Å². The molecule has 0 unspecified atom stereocenters. The maximum Gasteiger partial charge on any atom is 0.232 e. The van der Waals surface area contributed by atoms with Gasteiger partial charge in [-0.25, -0.2) is 0 Å². The third kappa shape index (κ3) is 6.47. The monoisotopic (exact) mass is 468 g/mol. The Balaban J connectivity index is 1.48. The standard InChI is InChI=1S/C25H36N6OS/c1-18-13-19(2)17-31(16-18)23-14-22(30-11-5-4-6-12-30)27-24(28-23)29-25(33)26-15-20-7-9-21(32-3)10-8-20/h7-10,14,18-19H,4-6,11-13,15-17H2,1-3H3,(H2,26,27,28,29,33)/t18-,19+. The molecule has 0 spiro atoms. The van der Waals surface area contributed by atoms with Gasteiger partial charge in [-0.05, 0) is 67.4 Å². The first-order valence-corrected chi connectivity index (χ1v) is 12.5. The van der Waals surface area contributed by atoms with Crippen molar-refractivity contribution >= 4 is 34.9 Å². The summed E-state index contributed by atoms with van der Waals surface area (Å²) in [6.45, 7) is 9.42. The van der Waals surface area contributed by atoms with E-state index in [1.807, 2.05) is 24.3 Å². The number of benzene rings is 1. The average Bonchev–Trinajstić information content (AvgIpc) is 2.83. The van der Waals surface area contributed by atoms with Crippen LogP contribution >= 0.6 is 12.2 Å². The number of thiocarbonyl (C=S) groups is 1. The molecule has 2 aliphatic heterocycles. The largest absolute Gasteiger partial charge is 0.497 e. The molecule has 2 aliphatic rings. The molecule has 2 aromatic rings. The van der Waals surface area contributed by atoms with Crippen molar-refractivity contribution in [3.8, 4) is 5.75 Å². The number of hydrogen-bond acceptors (Lipinski definition) is 6. The summed E-state index contributed by atoms with van der Waals surface area (Å²) in [5.41, 5.74) is 1.12. The van der Waals surface area contributed by atoms with Crippen molar-refractivity contribution < 1.29 is 4.74 Å². The Morgan fingerprint density at radius 2 is 1.64 bits per heavy atom. The van der Waals surface area contributed by atoms with E-state index in [1.54, 1.807) is 7.11 Å². The molecule has 2 fully saturated rings. The van der Waals surface area contributed by atoms with Crippen LogP contribution in [0, 0.1) is 11.8 Å². The van der Waals surface area contributed by atoms with Crippen molar-refractivity contribution in [1.29, 1.82) is 0 Å². The number of aromatic nitrogens is 2. The van der Waals surface area contributed by atoms with Gasteiger partial charge in [0.05, 0.1) is 7.11 Å². The van der Waals surface area contributed by atoms with Crippen molar-refractivity contribution in [1.82, 2.24) is 15.3 Å². The zero-order valence-electron chi connectivity index (χ0n) is 20.0. The normalized spacial score (nSPS) is 20.9. The predicted octanol–water partition coefficient (Wildman–Crippen LogP) is 4.44. The number of anilines is 3. The summed E-state index contributed by atoms with van der Waals surface area (Å²) in [5, 5.41) is 7.03. The third-order valence-corrected chi connectivity index (χ3v) is 6.66. The predicted molar refractivity (Wildman–Crippen MR) is 139 cm³/mol. The molecule has 2 atom stereocenters. The van der Waals surface area contributed by atoms with E-state index in [0.29, 0.717) is 29.4 Å². The van der Waals surface area contributed by atoms with Gasteiger partial charge < -0.3 is 25.2 Å². The Labute approximate surface area is 202 Å². The van der Waals surface area contributed by atoms with Crippen LogP contribution in [0.1, 0.15) is 45.1 Å². The Bertz CT molecular complexity index is 921. The van der Waals surface area contributed by atoms with Crippen LogP contribution in [0.2, 0.25) is 0 Å². The van der Waals surface area contributed by atoms with Crippen LogP contribution in [0.5, 0.6) is 5.75 Å². The lowest BCUT2D eigenvalue weighted by Gasteiger charge is -2.36. The molecular formula is C25H36N6OS. The Hall–Kier alpha value is -2.61. The second-order valence-electron chi connectivity index (χ2n) is 9.46. The van der Waals surface area contributed by atoms with E-state index in [2.05, 4.69) is 40.3 Å². The van der Waals surface area contributed by atoms with Crippen molar-refractivity contribution in [3.05, 3.63) is 35.9 Å². The van der Waals surface area contributed by atoms with Gasteiger partial charge in [-0.2, -0.15) is 9.97 Å². The van der Waals surface area contributed by atoms with E-state index >= 15 is 0 Å². The van der Waals surface area contributed by atoms with E-state index in [9.17, 15) is 0 Å². The molecule has 1 aromatic heterocycles. The molecule has 0 radical (unpaired) electrons. The first-order chi connectivity index (χ1) is 16.0. The summed E-state index contributed by atoms with van der Waals surface area (Å²) in [4.78, 5) is 14.5. The summed E-state index contributed by atoms with van der Waals surface area (Å²) in [6, 6.07) is 10.1. The summed E-state index contributed by atoms with van der Waals surface area (Å²) >= 11 is 5.57. The van der Waals surface area contributed by atoms with Gasteiger partial charge in [0.15, 0.2) is 5.11 Å². The number of ether oxygens (including phenoxy) is 1. The fourth-order valence-electron chi connectivity index (χ4n) is 4.85. The minimum Gasteiger partial charge on any atom is -0.497 e. The molecule has 7 nitrogen and oxygen atoms in total. The molecule has 0 amide bonds. The van der Waals surface area contributed by atoms with Crippen LogP contribution in [0.4, 0.5) is 17.6 Å². The van der Waals surface area contributed by atoms with E-state index < -0.39 is 0 Å². The lowest BCUT2D eigenvalue weighted by Crippen LogP contribution is -2.40. The molecule has 2 saturated heterocycles. The summed E-state index contributed by atoms with van der Waals surface area (Å²) in [7, 11) is 1.67. The molecule has 0 saturated carbocycles. The van der Waals surface area contributed by atoms with Gasteiger partial charge in [0.25, 0.3) is 0 Å². The molecule has 3 heterocycles. The lowest BCUT2D eigenvalue weighted by molar-refractivity contribution is 0.355. The SMILES string of the molecule is COc1ccc(CNC(=S)Nc2nc(N3CCCCC3)cc(N3C[C@H](C)C[C@H](C)C3)n2)cc1. The van der Waals surface area contributed by atoms with Crippen LogP contribution in [0.25, 0.3) is 0 Å². The summed E-state index contributed by atoms with van der Waals surface area (Å²) in [5.74, 6) is 4.70. The first-order valence-electron chi connectivity index (χ1n) is 12.1. The maximum atomic E-state index is 5.57. The van der Waals surface area contributed by atoms with Gasteiger partial charge in [-0.3, -0.25) is 0 Å². The van der Waals surface area contributed by atoms with Gasteiger partial charge in [-0.15, -0.1) is 0 Å². The fourth-order valence-corrected chi connectivity index (χ4v) is 5.01. The van der Waals surface area contributed by atoms with Crippen molar-refractivity contribution in [2.24, 2.45) is 11.8 Å². The first kappa shape index (κ1) is 23.5. The number of methoxy groups -OCH3 is 1. The minimum atomic E-state index is 0.521. The number of piperidine rings is 2. The number of rotatable bonds is 6. The van der Waals surface area contributed by atoms with Crippen molar-refractivity contribution in [2.45, 2.75) is 46.1 Å². The van der Waals surface area contributed by atoms with Crippen LogP contribution in [0.15, 0.2) is 30.3 Å². The Morgan fingerprint density at radius 1 is 1.00 bits per heavy atom. The Morgan fingerprint density at radius 3 is 2.27 bits per heavy atom.